The number of carboxylic acids is 1. The average Bonchev–Trinajstić information content (AvgIpc) is 2.89. The van der Waals surface area contributed by atoms with Crippen LogP contribution in [0.2, 0.25) is 0 Å². The maximum atomic E-state index is 12.7. The van der Waals surface area contributed by atoms with Crippen molar-refractivity contribution in [3.8, 4) is 11.5 Å². The molecule has 1 aromatic heterocycles. The number of hydrogen-bond acceptors (Lipinski definition) is 5. The van der Waals surface area contributed by atoms with E-state index in [1.165, 1.54) is 17.8 Å². The molecular weight excluding hydrogens is 345 g/mol. The minimum atomic E-state index is -4.40. The van der Waals surface area contributed by atoms with Crippen molar-refractivity contribution in [2.75, 3.05) is 0 Å². The van der Waals surface area contributed by atoms with Gasteiger partial charge in [0.25, 0.3) is 5.22 Å². The van der Waals surface area contributed by atoms with Crippen molar-refractivity contribution in [3.63, 3.8) is 0 Å². The standard InChI is InChI=1S/C15H13F3N2O3S/c1-7-4-9(15(16,17)18)2-3-11(7)12-19-20-14(23-12)24-10-5-8(6-10)13(21)22/h2-4,8,10H,5-6H2,1H3,(H,21,22). The molecule has 0 atom stereocenters. The Morgan fingerprint density at radius 1 is 1.33 bits per heavy atom. The first kappa shape index (κ1) is 16.8. The van der Waals surface area contributed by atoms with Crippen LogP contribution in [0, 0.1) is 12.8 Å². The van der Waals surface area contributed by atoms with E-state index >= 15 is 0 Å². The van der Waals surface area contributed by atoms with Gasteiger partial charge in [0.2, 0.25) is 5.89 Å². The number of thioether (sulfide) groups is 1. The summed E-state index contributed by atoms with van der Waals surface area (Å²) in [6.45, 7) is 1.55. The Bertz CT molecular complexity index is 770. The van der Waals surface area contributed by atoms with Gasteiger partial charge in [-0.25, -0.2) is 0 Å². The summed E-state index contributed by atoms with van der Waals surface area (Å²) in [4.78, 5) is 10.8. The molecule has 1 aliphatic carbocycles. The van der Waals surface area contributed by atoms with Gasteiger partial charge >= 0.3 is 12.1 Å². The third kappa shape index (κ3) is 3.40. The molecule has 1 aromatic carbocycles. The molecule has 1 heterocycles. The fourth-order valence-electron chi connectivity index (χ4n) is 2.45. The first-order chi connectivity index (χ1) is 11.2. The molecule has 128 valence electrons. The summed E-state index contributed by atoms with van der Waals surface area (Å²) in [6, 6.07) is 3.32. The zero-order valence-corrected chi connectivity index (χ0v) is 13.3. The number of aryl methyl sites for hydroxylation is 1. The number of alkyl halides is 3. The smallest absolute Gasteiger partial charge is 0.416 e. The van der Waals surface area contributed by atoms with E-state index in [1.54, 1.807) is 6.92 Å². The van der Waals surface area contributed by atoms with Crippen molar-refractivity contribution >= 4 is 17.7 Å². The fourth-order valence-corrected chi connectivity index (χ4v) is 3.61. The molecule has 0 spiro atoms. The van der Waals surface area contributed by atoms with Gasteiger partial charge < -0.3 is 9.52 Å². The highest BCUT2D eigenvalue weighted by atomic mass is 32.2. The lowest BCUT2D eigenvalue weighted by Gasteiger charge is -2.30. The lowest BCUT2D eigenvalue weighted by atomic mass is 9.85. The lowest BCUT2D eigenvalue weighted by molar-refractivity contribution is -0.144. The summed E-state index contributed by atoms with van der Waals surface area (Å²) in [5.74, 6) is -0.988. The Morgan fingerprint density at radius 2 is 2.04 bits per heavy atom. The summed E-state index contributed by atoms with van der Waals surface area (Å²) in [7, 11) is 0. The zero-order valence-electron chi connectivity index (χ0n) is 12.5. The Balaban J connectivity index is 1.71. The average molecular weight is 358 g/mol. The quantitative estimate of drug-likeness (QED) is 0.890. The number of aromatic nitrogens is 2. The van der Waals surface area contributed by atoms with Gasteiger partial charge in [0.1, 0.15) is 0 Å². The highest BCUT2D eigenvalue weighted by molar-refractivity contribution is 7.99. The molecule has 1 aliphatic rings. The molecule has 3 rings (SSSR count). The normalized spacial score (nSPS) is 20.7. The summed E-state index contributed by atoms with van der Waals surface area (Å²) in [6.07, 6.45) is -3.32. The van der Waals surface area contributed by atoms with E-state index < -0.39 is 17.7 Å². The minimum Gasteiger partial charge on any atom is -0.481 e. The number of benzene rings is 1. The van der Waals surface area contributed by atoms with Gasteiger partial charge in [-0.3, -0.25) is 4.79 Å². The van der Waals surface area contributed by atoms with Crippen LogP contribution in [0.15, 0.2) is 27.8 Å². The number of nitrogens with zero attached hydrogens (tertiary/aromatic N) is 2. The SMILES string of the molecule is Cc1cc(C(F)(F)F)ccc1-c1nnc(SC2CC(C(=O)O)C2)o1. The van der Waals surface area contributed by atoms with Gasteiger partial charge in [-0.05, 0) is 43.5 Å². The Morgan fingerprint density at radius 3 is 2.62 bits per heavy atom. The largest absolute Gasteiger partial charge is 0.481 e. The number of rotatable bonds is 4. The molecule has 0 bridgehead atoms. The predicted molar refractivity (Wildman–Crippen MR) is 79.5 cm³/mol. The molecule has 0 unspecified atom stereocenters. The van der Waals surface area contributed by atoms with E-state index in [0.29, 0.717) is 24.0 Å². The van der Waals surface area contributed by atoms with Crippen LogP contribution in [0.1, 0.15) is 24.0 Å². The van der Waals surface area contributed by atoms with Crippen LogP contribution in [0.3, 0.4) is 0 Å². The van der Waals surface area contributed by atoms with E-state index in [-0.39, 0.29) is 22.3 Å². The molecular formula is C15H13F3N2O3S. The Labute approximate surface area is 139 Å². The van der Waals surface area contributed by atoms with Gasteiger partial charge in [-0.1, -0.05) is 11.8 Å². The number of halogens is 3. The van der Waals surface area contributed by atoms with Gasteiger partial charge in [0, 0.05) is 10.8 Å². The maximum absolute atomic E-state index is 12.7. The molecule has 1 fully saturated rings. The summed E-state index contributed by atoms with van der Waals surface area (Å²) in [5.41, 5.74) is 0.103. The van der Waals surface area contributed by atoms with Crippen molar-refractivity contribution in [1.29, 1.82) is 0 Å². The van der Waals surface area contributed by atoms with Crippen molar-refractivity contribution in [3.05, 3.63) is 29.3 Å². The fraction of sp³-hybridized carbons (Fsp3) is 0.400. The van der Waals surface area contributed by atoms with Crippen molar-refractivity contribution < 1.29 is 27.5 Å². The molecule has 0 radical (unpaired) electrons. The van der Waals surface area contributed by atoms with Crippen LogP contribution < -0.4 is 0 Å². The minimum absolute atomic E-state index is 0.105. The van der Waals surface area contributed by atoms with Gasteiger partial charge in [-0.15, -0.1) is 10.2 Å². The van der Waals surface area contributed by atoms with Crippen molar-refractivity contribution in [1.82, 2.24) is 10.2 Å². The molecule has 0 saturated heterocycles. The predicted octanol–water partition coefficient (Wildman–Crippen LogP) is 4.02. The first-order valence-corrected chi connectivity index (χ1v) is 8.03. The monoisotopic (exact) mass is 358 g/mol. The Kier molecular flexibility index (Phi) is 4.29. The second-order valence-electron chi connectivity index (χ2n) is 5.65. The maximum Gasteiger partial charge on any atom is 0.416 e. The highest BCUT2D eigenvalue weighted by Crippen LogP contribution is 2.41. The van der Waals surface area contributed by atoms with Crippen LogP contribution in [0.4, 0.5) is 13.2 Å². The van der Waals surface area contributed by atoms with Crippen LogP contribution >= 0.6 is 11.8 Å². The molecule has 9 heteroatoms. The Hall–Kier alpha value is -2.03. The second-order valence-corrected chi connectivity index (χ2v) is 6.90. The summed E-state index contributed by atoms with van der Waals surface area (Å²) >= 11 is 1.30. The van der Waals surface area contributed by atoms with E-state index in [2.05, 4.69) is 10.2 Å². The molecule has 1 saturated carbocycles. The van der Waals surface area contributed by atoms with Crippen LogP contribution in [-0.4, -0.2) is 26.5 Å². The first-order valence-electron chi connectivity index (χ1n) is 7.15. The number of carboxylic acid groups (broad SMARTS) is 1. The highest BCUT2D eigenvalue weighted by Gasteiger charge is 2.36. The van der Waals surface area contributed by atoms with Crippen molar-refractivity contribution in [2.45, 2.75) is 36.4 Å². The van der Waals surface area contributed by atoms with E-state index in [0.717, 1.165) is 12.1 Å². The van der Waals surface area contributed by atoms with Gasteiger partial charge in [0.15, 0.2) is 0 Å². The van der Waals surface area contributed by atoms with E-state index in [1.807, 2.05) is 0 Å². The topological polar surface area (TPSA) is 76.2 Å². The molecule has 0 amide bonds. The zero-order chi connectivity index (χ0) is 17.5. The third-order valence-electron chi connectivity index (χ3n) is 3.90. The molecule has 0 aliphatic heterocycles. The molecule has 1 N–H and O–H groups in total. The molecule has 5 nitrogen and oxygen atoms in total. The lowest BCUT2D eigenvalue weighted by Crippen LogP contribution is -2.32. The number of hydrogen-bond donors (Lipinski definition) is 1. The second kappa shape index (κ2) is 6.12. The van der Waals surface area contributed by atoms with Crippen LogP contribution in [-0.2, 0) is 11.0 Å². The summed E-state index contributed by atoms with van der Waals surface area (Å²) < 4.78 is 43.6. The number of carbonyl (C=O) groups is 1. The van der Waals surface area contributed by atoms with Gasteiger partial charge in [0.05, 0.1) is 11.5 Å². The third-order valence-corrected chi connectivity index (χ3v) is 4.99. The summed E-state index contributed by atoms with van der Waals surface area (Å²) in [5, 5.41) is 17.0. The van der Waals surface area contributed by atoms with Crippen LogP contribution in [0.25, 0.3) is 11.5 Å². The van der Waals surface area contributed by atoms with Gasteiger partial charge in [-0.2, -0.15) is 13.2 Å². The van der Waals surface area contributed by atoms with E-state index in [4.69, 9.17) is 9.52 Å². The van der Waals surface area contributed by atoms with E-state index in [9.17, 15) is 18.0 Å². The van der Waals surface area contributed by atoms with Crippen molar-refractivity contribution in [2.24, 2.45) is 5.92 Å². The van der Waals surface area contributed by atoms with Crippen LogP contribution in [0.5, 0.6) is 0 Å². The molecule has 24 heavy (non-hydrogen) atoms. The molecule has 2 aromatic rings. The number of aliphatic carboxylic acids is 1.